The Kier molecular flexibility index (Phi) is 10.7. The van der Waals surface area contributed by atoms with Gasteiger partial charge in [-0.3, -0.25) is 0 Å². The number of phosphoric ester groups is 1. The van der Waals surface area contributed by atoms with Gasteiger partial charge in [0.15, 0.2) is 5.60 Å². The van der Waals surface area contributed by atoms with E-state index < -0.39 is 24.6 Å². The fourth-order valence-electron chi connectivity index (χ4n) is 2.90. The molecule has 0 radical (unpaired) electrons. The van der Waals surface area contributed by atoms with Gasteiger partial charge in [-0.1, -0.05) is 32.9 Å². The molecule has 8 nitrogen and oxygen atoms in total. The molecule has 1 fully saturated rings. The molecule has 1 heterocycles. The Morgan fingerprint density at radius 2 is 1.81 bits per heavy atom. The van der Waals surface area contributed by atoms with E-state index in [4.69, 9.17) is 19.2 Å². The van der Waals surface area contributed by atoms with Gasteiger partial charge in [0.25, 0.3) is 5.79 Å². The maximum absolute atomic E-state index is 10.9. The van der Waals surface area contributed by atoms with E-state index in [0.29, 0.717) is 12.2 Å². The maximum atomic E-state index is 10.9. The Morgan fingerprint density at radius 1 is 1.19 bits per heavy atom. The molecule has 11 heteroatoms. The number of rotatable bonds is 7. The van der Waals surface area contributed by atoms with E-state index in [-0.39, 0.29) is 71.5 Å². The van der Waals surface area contributed by atoms with Gasteiger partial charge in [0.2, 0.25) is 0 Å². The summed E-state index contributed by atoms with van der Waals surface area (Å²) in [5, 5.41) is 0. The predicted molar refractivity (Wildman–Crippen MR) is 84.2 cm³/mol. The van der Waals surface area contributed by atoms with Crippen molar-refractivity contribution in [2.75, 3.05) is 20.3 Å². The van der Waals surface area contributed by atoms with Crippen LogP contribution in [-0.4, -0.2) is 25.9 Å². The monoisotopic (exact) mass is 420 g/mol. The second kappa shape index (κ2) is 10.4. The second-order valence-corrected chi connectivity index (χ2v) is 7.84. The molecule has 27 heavy (non-hydrogen) atoms. The van der Waals surface area contributed by atoms with Crippen molar-refractivity contribution in [2.45, 2.75) is 39.1 Å². The first kappa shape index (κ1) is 28.0. The summed E-state index contributed by atoms with van der Waals surface area (Å²) < 4.78 is 26.6. The van der Waals surface area contributed by atoms with Gasteiger partial charge in [-0.15, -0.1) is 0 Å². The summed E-state index contributed by atoms with van der Waals surface area (Å²) in [6, 6.07) is 5.94. The number of ether oxygens (including phenoxy) is 2. The molecular weight excluding hydrogens is 397 g/mol. The van der Waals surface area contributed by atoms with Gasteiger partial charge < -0.3 is 28.3 Å². The molecule has 0 spiro atoms. The van der Waals surface area contributed by atoms with E-state index in [9.17, 15) is 14.4 Å². The van der Waals surface area contributed by atoms with Crippen LogP contribution in [0.3, 0.4) is 0 Å². The van der Waals surface area contributed by atoms with Crippen LogP contribution in [0.5, 0.6) is 5.75 Å². The first-order valence-corrected chi connectivity index (χ1v) is 9.29. The Labute approximate surface area is 204 Å². The molecule has 2 atom stereocenters. The number of hydrogen-bond acceptors (Lipinski definition) is 8. The summed E-state index contributed by atoms with van der Waals surface area (Å²) in [7, 11) is -3.73. The van der Waals surface area contributed by atoms with Gasteiger partial charge in [-0.2, -0.15) is 4.89 Å². The van der Waals surface area contributed by atoms with Gasteiger partial charge in [0.1, 0.15) is 13.6 Å². The van der Waals surface area contributed by atoms with Crippen molar-refractivity contribution in [2.24, 2.45) is 5.41 Å². The third-order valence-corrected chi connectivity index (χ3v) is 4.71. The quantitative estimate of drug-likeness (QED) is 0.247. The largest absolute Gasteiger partial charge is 1.00 e. The predicted octanol–water partition coefficient (Wildman–Crippen LogP) is -4.52. The average Bonchev–Trinajstić information content (AvgIpc) is 2.45. The number of phosphoric acid groups is 1. The summed E-state index contributed by atoms with van der Waals surface area (Å²) in [4.78, 5) is 32.7. The average molecular weight is 420 g/mol. The number of benzene rings is 1. The summed E-state index contributed by atoms with van der Waals surface area (Å²) in [5.41, 5.74) is -1.01. The molecule has 0 amide bonds. The zero-order valence-corrected chi connectivity index (χ0v) is 21.8. The minimum Gasteiger partial charge on any atom is -0.780 e. The second-order valence-electron chi connectivity index (χ2n) is 6.77. The van der Waals surface area contributed by atoms with Gasteiger partial charge in [-0.05, 0) is 19.1 Å². The fraction of sp³-hybridized carbons (Fsp3) is 0.625. The van der Waals surface area contributed by atoms with Crippen LogP contribution in [0.2, 0.25) is 0 Å². The Morgan fingerprint density at radius 3 is 2.22 bits per heavy atom. The van der Waals surface area contributed by atoms with Crippen molar-refractivity contribution < 1.29 is 97.2 Å². The minimum atomic E-state index is -5.18. The molecule has 1 aromatic carbocycles. The first-order valence-electron chi connectivity index (χ1n) is 7.83. The topological polar surface area (TPSA) is 109 Å². The van der Waals surface area contributed by atoms with Crippen molar-refractivity contribution in [3.05, 3.63) is 29.8 Å². The summed E-state index contributed by atoms with van der Waals surface area (Å²) in [5.74, 6) is -1.48. The minimum absolute atomic E-state index is 0. The third-order valence-electron chi connectivity index (χ3n) is 4.27. The zero-order chi connectivity index (χ0) is 18.9. The summed E-state index contributed by atoms with van der Waals surface area (Å²) >= 11 is 0. The van der Waals surface area contributed by atoms with Crippen LogP contribution in [0.25, 0.3) is 0 Å². The normalized spacial score (nSPS) is 25.0. The molecule has 0 aliphatic carbocycles. The Balaban J connectivity index is 0.00000338. The van der Waals surface area contributed by atoms with Gasteiger partial charge in [0, 0.05) is 24.7 Å². The summed E-state index contributed by atoms with van der Waals surface area (Å²) in [6.45, 7) is 8.37. The van der Waals surface area contributed by atoms with Crippen molar-refractivity contribution in [3.63, 3.8) is 0 Å². The molecule has 1 aromatic rings. The van der Waals surface area contributed by atoms with Gasteiger partial charge >= 0.3 is 59.1 Å². The Hall–Kier alpha value is 1.01. The molecule has 0 bridgehead atoms. The van der Waals surface area contributed by atoms with Crippen molar-refractivity contribution in [1.29, 1.82) is 0 Å². The van der Waals surface area contributed by atoms with E-state index in [1.165, 1.54) is 25.3 Å². The molecule has 0 saturated carbocycles. The van der Waals surface area contributed by atoms with Gasteiger partial charge in [0.05, 0.1) is 6.61 Å². The number of methoxy groups -OCH3 is 1. The smallest absolute Gasteiger partial charge is 0.780 e. The molecular formula is C16H23Na2O8P. The first-order chi connectivity index (χ1) is 11.5. The Bertz CT molecular complexity index is 658. The third kappa shape index (κ3) is 5.58. The molecule has 1 saturated heterocycles. The van der Waals surface area contributed by atoms with Gasteiger partial charge in [-0.25, -0.2) is 4.89 Å². The van der Waals surface area contributed by atoms with Crippen LogP contribution >= 0.6 is 7.82 Å². The molecule has 2 rings (SSSR count). The SMILES string of the molecule is CCOCC1(C(C)(C)C)OOC1(OC)c1cccc(OP(=O)([O-])[O-])c1.[Na+].[Na+]. The standard InChI is InChI=1S/C16H25O8P.2Na/c1-6-21-11-15(14(2,3)4)16(20-5,24-23-15)12-8-7-9-13(10-12)22-25(17,18)19;;/h7-10H,6,11H2,1-5H3,(H2,17,18,19);;/q;2*+1/p-2. The van der Waals surface area contributed by atoms with Crippen LogP contribution in [0.1, 0.15) is 33.3 Å². The molecule has 2 unspecified atom stereocenters. The van der Waals surface area contributed by atoms with Crippen LogP contribution < -0.4 is 73.4 Å². The van der Waals surface area contributed by atoms with E-state index >= 15 is 0 Å². The molecule has 1 aliphatic rings. The number of hydrogen-bond donors (Lipinski definition) is 0. The van der Waals surface area contributed by atoms with E-state index in [1.807, 2.05) is 27.7 Å². The van der Waals surface area contributed by atoms with Crippen molar-refractivity contribution in [3.8, 4) is 5.75 Å². The molecule has 0 aromatic heterocycles. The fourth-order valence-corrected chi connectivity index (χ4v) is 3.27. The summed E-state index contributed by atoms with van der Waals surface area (Å²) in [6.07, 6.45) is 0. The molecule has 0 N–H and O–H groups in total. The van der Waals surface area contributed by atoms with E-state index in [2.05, 4.69) is 4.52 Å². The van der Waals surface area contributed by atoms with Crippen LogP contribution in [0, 0.1) is 5.41 Å². The van der Waals surface area contributed by atoms with Crippen LogP contribution in [0.4, 0.5) is 0 Å². The van der Waals surface area contributed by atoms with Crippen LogP contribution in [-0.2, 0) is 29.6 Å². The van der Waals surface area contributed by atoms with E-state index in [1.54, 1.807) is 6.07 Å². The maximum Gasteiger partial charge on any atom is 1.00 e. The molecule has 1 aliphatic heterocycles. The van der Waals surface area contributed by atoms with E-state index in [0.717, 1.165) is 0 Å². The zero-order valence-electron chi connectivity index (χ0n) is 16.9. The molecule has 142 valence electrons. The van der Waals surface area contributed by atoms with Crippen molar-refractivity contribution >= 4 is 7.82 Å². The van der Waals surface area contributed by atoms with Crippen LogP contribution in [0.15, 0.2) is 24.3 Å². The van der Waals surface area contributed by atoms with Crippen molar-refractivity contribution in [1.82, 2.24) is 0 Å².